The molecule has 0 aliphatic carbocycles. The maximum Gasteiger partial charge on any atom is 0.435 e. The van der Waals surface area contributed by atoms with Gasteiger partial charge in [0.25, 0.3) is 11.3 Å². The fourth-order valence-corrected chi connectivity index (χ4v) is 3.53. The van der Waals surface area contributed by atoms with Gasteiger partial charge in [0, 0.05) is 34.2 Å². The molecule has 0 N–H and O–H groups in total. The minimum atomic E-state index is -4.77. The zero-order valence-electron chi connectivity index (χ0n) is 15.0. The number of alkyl halides is 3. The second-order valence-corrected chi connectivity index (χ2v) is 7.04. The molecule has 0 spiro atoms. The second-order valence-electron chi connectivity index (χ2n) is 6.60. The highest BCUT2D eigenvalue weighted by atomic mass is 35.5. The number of aryl methyl sites for hydroxylation is 2. The van der Waals surface area contributed by atoms with Crippen LogP contribution in [-0.4, -0.2) is 16.8 Å². The first-order valence-corrected chi connectivity index (χ1v) is 8.82. The molecule has 0 aromatic heterocycles. The Kier molecular flexibility index (Phi) is 5.10. The molecule has 1 atom stereocenters. The van der Waals surface area contributed by atoms with Crippen molar-refractivity contribution in [2.45, 2.75) is 38.5 Å². The average molecular weight is 413 g/mol. The lowest BCUT2D eigenvalue weighted by molar-refractivity contribution is -0.385. The molecule has 5 nitrogen and oxygen atoms in total. The van der Waals surface area contributed by atoms with Gasteiger partial charge in [-0.15, -0.1) is 0 Å². The molecule has 0 saturated carbocycles. The van der Waals surface area contributed by atoms with Crippen molar-refractivity contribution in [3.05, 3.63) is 73.8 Å². The van der Waals surface area contributed by atoms with E-state index < -0.39 is 23.1 Å². The van der Waals surface area contributed by atoms with Gasteiger partial charge in [0.05, 0.1) is 10.6 Å². The summed E-state index contributed by atoms with van der Waals surface area (Å²) in [6.45, 7) is 3.39. The van der Waals surface area contributed by atoms with Gasteiger partial charge in [-0.1, -0.05) is 41.9 Å². The van der Waals surface area contributed by atoms with Gasteiger partial charge in [-0.2, -0.15) is 13.2 Å². The number of hydrogen-bond acceptors (Lipinski definition) is 4. The molecule has 0 bridgehead atoms. The molecule has 1 aliphatic rings. The summed E-state index contributed by atoms with van der Waals surface area (Å²) in [5, 5.41) is 15.1. The third kappa shape index (κ3) is 3.44. The quantitative estimate of drug-likeness (QED) is 0.478. The van der Waals surface area contributed by atoms with E-state index in [2.05, 4.69) is 5.16 Å². The maximum atomic E-state index is 14.0. The number of halogens is 4. The van der Waals surface area contributed by atoms with E-state index in [4.69, 9.17) is 16.4 Å². The molecular formula is C19H16ClF3N2O3. The monoisotopic (exact) mass is 412 g/mol. The molecule has 9 heteroatoms. The summed E-state index contributed by atoms with van der Waals surface area (Å²) >= 11 is 5.95. The third-order valence-electron chi connectivity index (χ3n) is 4.69. The number of nitrogens with zero attached hydrogens (tertiary/aromatic N) is 2. The van der Waals surface area contributed by atoms with Crippen molar-refractivity contribution in [2.75, 3.05) is 0 Å². The smallest absolute Gasteiger partial charge is 0.374 e. The van der Waals surface area contributed by atoms with E-state index in [0.717, 1.165) is 0 Å². The van der Waals surface area contributed by atoms with Gasteiger partial charge in [0.15, 0.2) is 0 Å². The number of hydrogen-bond donors (Lipinski definition) is 0. The van der Waals surface area contributed by atoms with Gasteiger partial charge in [0.2, 0.25) is 0 Å². The number of benzene rings is 2. The molecule has 0 fully saturated rings. The highest BCUT2D eigenvalue weighted by molar-refractivity contribution is 6.30. The third-order valence-corrected chi connectivity index (χ3v) is 4.91. The molecule has 28 heavy (non-hydrogen) atoms. The van der Waals surface area contributed by atoms with Crippen molar-refractivity contribution >= 4 is 23.0 Å². The Hall–Kier alpha value is -2.61. The Morgan fingerprint density at radius 1 is 1.29 bits per heavy atom. The lowest BCUT2D eigenvalue weighted by atomic mass is 9.85. The molecule has 2 aromatic rings. The van der Waals surface area contributed by atoms with Crippen molar-refractivity contribution in [1.82, 2.24) is 0 Å². The van der Waals surface area contributed by atoms with E-state index in [0.29, 0.717) is 17.5 Å². The Morgan fingerprint density at radius 3 is 2.57 bits per heavy atom. The Morgan fingerprint density at radius 2 is 2.00 bits per heavy atom. The first kappa shape index (κ1) is 20.1. The normalized spacial score (nSPS) is 19.3. The van der Waals surface area contributed by atoms with Crippen LogP contribution >= 0.6 is 11.6 Å². The average Bonchev–Trinajstić information content (AvgIpc) is 3.07. The largest absolute Gasteiger partial charge is 0.435 e. The van der Waals surface area contributed by atoms with Crippen LogP contribution in [0.15, 0.2) is 41.6 Å². The van der Waals surface area contributed by atoms with Crippen LogP contribution in [0.2, 0.25) is 5.02 Å². The van der Waals surface area contributed by atoms with Gasteiger partial charge in [-0.3, -0.25) is 10.1 Å². The van der Waals surface area contributed by atoms with E-state index >= 15 is 0 Å². The maximum absolute atomic E-state index is 14.0. The highest BCUT2D eigenvalue weighted by Gasteiger charge is 2.62. The van der Waals surface area contributed by atoms with Crippen LogP contribution in [0.25, 0.3) is 0 Å². The Balaban J connectivity index is 2.05. The zero-order chi connectivity index (χ0) is 20.7. The number of nitro groups is 1. The van der Waals surface area contributed by atoms with E-state index in [1.807, 2.05) is 0 Å². The van der Waals surface area contributed by atoms with Crippen molar-refractivity contribution in [1.29, 1.82) is 0 Å². The first-order chi connectivity index (χ1) is 13.1. The van der Waals surface area contributed by atoms with Crippen molar-refractivity contribution in [2.24, 2.45) is 5.16 Å². The van der Waals surface area contributed by atoms with Crippen LogP contribution in [0, 0.1) is 17.0 Å². The van der Waals surface area contributed by atoms with Crippen LogP contribution < -0.4 is 0 Å². The lowest BCUT2D eigenvalue weighted by Gasteiger charge is -2.29. The number of oxime groups is 1. The van der Waals surface area contributed by atoms with E-state index in [-0.39, 0.29) is 27.5 Å². The SMILES string of the molecule is CCc1ccc(C2=NOC(c3cc(C)cc(Cl)c3)(C(F)(F)F)C2)cc1[N+](=O)[O-]. The molecule has 0 radical (unpaired) electrons. The molecule has 0 saturated heterocycles. The predicted molar refractivity (Wildman–Crippen MR) is 98.6 cm³/mol. The summed E-state index contributed by atoms with van der Waals surface area (Å²) in [7, 11) is 0. The minimum absolute atomic E-state index is 0.0132. The summed E-state index contributed by atoms with van der Waals surface area (Å²) < 4.78 is 42.1. The van der Waals surface area contributed by atoms with E-state index in [1.165, 1.54) is 30.3 Å². The van der Waals surface area contributed by atoms with E-state index in [9.17, 15) is 23.3 Å². The van der Waals surface area contributed by atoms with Gasteiger partial charge >= 0.3 is 6.18 Å². The fraction of sp³-hybridized carbons (Fsp3) is 0.316. The Bertz CT molecular complexity index is 955. The summed E-state index contributed by atoms with van der Waals surface area (Å²) in [5.41, 5.74) is -1.79. The standard InChI is InChI=1S/C19H16ClF3N2O3/c1-3-12-4-5-13(8-17(12)25(26)27)16-10-18(28-24-16,19(21,22)23)14-6-11(2)7-15(20)9-14/h4-9H,3,10H2,1-2H3. The topological polar surface area (TPSA) is 64.7 Å². The Labute approximate surface area is 163 Å². The van der Waals surface area contributed by atoms with Crippen molar-refractivity contribution in [3.63, 3.8) is 0 Å². The zero-order valence-corrected chi connectivity index (χ0v) is 15.8. The number of rotatable bonds is 4. The second kappa shape index (κ2) is 7.09. The van der Waals surface area contributed by atoms with Crippen LogP contribution in [0.5, 0.6) is 0 Å². The summed E-state index contributed by atoms with van der Waals surface area (Å²) in [6.07, 6.45) is -4.96. The molecule has 148 valence electrons. The van der Waals surface area contributed by atoms with Crippen LogP contribution in [-0.2, 0) is 16.9 Å². The summed E-state index contributed by atoms with van der Waals surface area (Å²) in [6, 6.07) is 8.36. The summed E-state index contributed by atoms with van der Waals surface area (Å²) in [5.74, 6) is 0. The van der Waals surface area contributed by atoms with Gasteiger partial charge < -0.3 is 4.84 Å². The molecule has 0 amide bonds. The minimum Gasteiger partial charge on any atom is -0.374 e. The van der Waals surface area contributed by atoms with Gasteiger partial charge in [0.1, 0.15) is 0 Å². The lowest BCUT2D eigenvalue weighted by Crippen LogP contribution is -2.42. The van der Waals surface area contributed by atoms with Gasteiger partial charge in [-0.05, 0) is 31.0 Å². The summed E-state index contributed by atoms with van der Waals surface area (Å²) in [4.78, 5) is 15.7. The van der Waals surface area contributed by atoms with Crippen LogP contribution in [0.1, 0.15) is 35.6 Å². The first-order valence-electron chi connectivity index (χ1n) is 8.44. The number of nitro benzene ring substituents is 1. The molecule has 3 rings (SSSR count). The van der Waals surface area contributed by atoms with Crippen molar-refractivity contribution < 1.29 is 22.9 Å². The fourth-order valence-electron chi connectivity index (χ4n) is 3.24. The molecule has 1 aliphatic heterocycles. The molecule has 1 heterocycles. The van der Waals surface area contributed by atoms with Crippen molar-refractivity contribution in [3.8, 4) is 0 Å². The van der Waals surface area contributed by atoms with Gasteiger partial charge in [-0.25, -0.2) is 0 Å². The molecule has 2 aromatic carbocycles. The molecular weight excluding hydrogens is 397 g/mol. The highest BCUT2D eigenvalue weighted by Crippen LogP contribution is 2.49. The predicted octanol–water partition coefficient (Wildman–Crippen LogP) is 5.70. The molecule has 1 unspecified atom stereocenters. The van der Waals surface area contributed by atoms with E-state index in [1.54, 1.807) is 19.9 Å². The van der Waals surface area contributed by atoms with Crippen LogP contribution in [0.4, 0.5) is 18.9 Å². The van der Waals surface area contributed by atoms with Crippen LogP contribution in [0.3, 0.4) is 0 Å².